The molecule has 0 atom stereocenters. The highest BCUT2D eigenvalue weighted by molar-refractivity contribution is 5.61. The molecule has 3 rings (SSSR count). The number of hydrogen-bond acceptors (Lipinski definition) is 2. The first-order valence-electron chi connectivity index (χ1n) is 8.49. The van der Waals surface area contributed by atoms with Gasteiger partial charge in [0.15, 0.2) is 0 Å². The minimum Gasteiger partial charge on any atom is -0.304 e. The second-order valence-corrected chi connectivity index (χ2v) is 6.26. The molecular weight excluding hydrogens is 284 g/mol. The number of nitriles is 1. The summed E-state index contributed by atoms with van der Waals surface area (Å²) in [4.78, 5) is 12.8. The largest absolute Gasteiger partial charge is 0.304 e. The zero-order valence-electron chi connectivity index (χ0n) is 13.6. The van der Waals surface area contributed by atoms with Gasteiger partial charge in [0.1, 0.15) is 11.6 Å². The lowest BCUT2D eigenvalue weighted by Crippen LogP contribution is -2.29. The summed E-state index contributed by atoms with van der Waals surface area (Å²) in [5.41, 5.74) is 3.37. The van der Waals surface area contributed by atoms with Gasteiger partial charge in [-0.1, -0.05) is 50.5 Å². The lowest BCUT2D eigenvalue weighted by Gasteiger charge is -2.27. The molecule has 118 valence electrons. The molecule has 0 saturated heterocycles. The van der Waals surface area contributed by atoms with Crippen molar-refractivity contribution in [3.8, 4) is 17.3 Å². The summed E-state index contributed by atoms with van der Waals surface area (Å²) in [6.45, 7) is 2.13. The standard InChI is InChI=1S/C20H22N2O/c1-2-15-8-10-16(11-9-15)19-13-12-17(14-21)20(23)22(19)18-6-4-3-5-7-18/h8-13,18H,2-7H2,1H3. The molecule has 0 radical (unpaired) electrons. The van der Waals surface area contributed by atoms with Gasteiger partial charge in [0.05, 0.1) is 5.69 Å². The van der Waals surface area contributed by atoms with Gasteiger partial charge in [-0.3, -0.25) is 4.79 Å². The van der Waals surface area contributed by atoms with Gasteiger partial charge in [-0.15, -0.1) is 0 Å². The smallest absolute Gasteiger partial charge is 0.269 e. The second-order valence-electron chi connectivity index (χ2n) is 6.26. The van der Waals surface area contributed by atoms with E-state index in [1.54, 1.807) is 6.07 Å². The van der Waals surface area contributed by atoms with Crippen LogP contribution in [0.5, 0.6) is 0 Å². The van der Waals surface area contributed by atoms with E-state index >= 15 is 0 Å². The van der Waals surface area contributed by atoms with Crippen molar-refractivity contribution in [3.05, 3.63) is 57.9 Å². The molecule has 1 saturated carbocycles. The summed E-state index contributed by atoms with van der Waals surface area (Å²) < 4.78 is 1.87. The molecule has 0 unspecified atom stereocenters. The number of hydrogen-bond donors (Lipinski definition) is 0. The quantitative estimate of drug-likeness (QED) is 0.840. The van der Waals surface area contributed by atoms with Crippen LogP contribution in [0, 0.1) is 11.3 Å². The van der Waals surface area contributed by atoms with Gasteiger partial charge in [0.25, 0.3) is 5.56 Å². The van der Waals surface area contributed by atoms with Crippen LogP contribution in [0.3, 0.4) is 0 Å². The van der Waals surface area contributed by atoms with Crippen molar-refractivity contribution in [2.75, 3.05) is 0 Å². The number of nitrogens with zero attached hydrogens (tertiary/aromatic N) is 2. The Balaban J connectivity index is 2.13. The Labute approximate surface area is 137 Å². The molecule has 2 aromatic rings. The van der Waals surface area contributed by atoms with E-state index in [9.17, 15) is 10.1 Å². The van der Waals surface area contributed by atoms with Crippen LogP contribution in [0.2, 0.25) is 0 Å². The molecular formula is C20H22N2O. The molecule has 1 aliphatic carbocycles. The maximum absolute atomic E-state index is 12.8. The highest BCUT2D eigenvalue weighted by Crippen LogP contribution is 2.31. The summed E-state index contributed by atoms with van der Waals surface area (Å²) in [7, 11) is 0. The molecule has 0 spiro atoms. The molecule has 1 fully saturated rings. The first kappa shape index (κ1) is 15.6. The van der Waals surface area contributed by atoms with E-state index in [1.807, 2.05) is 16.7 Å². The first-order chi connectivity index (χ1) is 11.2. The summed E-state index contributed by atoms with van der Waals surface area (Å²) in [5, 5.41) is 9.21. The van der Waals surface area contributed by atoms with E-state index in [0.717, 1.165) is 43.4 Å². The van der Waals surface area contributed by atoms with Crippen molar-refractivity contribution in [2.24, 2.45) is 0 Å². The summed E-state index contributed by atoms with van der Waals surface area (Å²) in [6, 6.07) is 14.2. The number of aromatic nitrogens is 1. The lowest BCUT2D eigenvalue weighted by atomic mass is 9.94. The van der Waals surface area contributed by atoms with Gasteiger partial charge < -0.3 is 4.57 Å². The van der Waals surface area contributed by atoms with Crippen molar-refractivity contribution >= 4 is 0 Å². The maximum atomic E-state index is 12.8. The first-order valence-corrected chi connectivity index (χ1v) is 8.49. The van der Waals surface area contributed by atoms with Gasteiger partial charge >= 0.3 is 0 Å². The van der Waals surface area contributed by atoms with Gasteiger partial charge in [0, 0.05) is 6.04 Å². The molecule has 1 aromatic heterocycles. The topological polar surface area (TPSA) is 45.8 Å². The fourth-order valence-corrected chi connectivity index (χ4v) is 3.49. The van der Waals surface area contributed by atoms with E-state index in [-0.39, 0.29) is 17.2 Å². The molecule has 23 heavy (non-hydrogen) atoms. The van der Waals surface area contributed by atoms with Crippen molar-refractivity contribution in [3.63, 3.8) is 0 Å². The molecule has 3 nitrogen and oxygen atoms in total. The fourth-order valence-electron chi connectivity index (χ4n) is 3.49. The Hall–Kier alpha value is -2.34. The predicted octanol–water partition coefficient (Wildman–Crippen LogP) is 4.45. The number of pyridine rings is 1. The molecule has 1 heterocycles. The van der Waals surface area contributed by atoms with Gasteiger partial charge in [-0.25, -0.2) is 0 Å². The molecule has 0 bridgehead atoms. The molecule has 0 N–H and O–H groups in total. The molecule has 3 heteroatoms. The molecule has 1 aliphatic rings. The van der Waals surface area contributed by atoms with Gasteiger partial charge in [-0.05, 0) is 42.5 Å². The normalized spacial score (nSPS) is 15.3. The Kier molecular flexibility index (Phi) is 4.62. The third-order valence-electron chi connectivity index (χ3n) is 4.83. The Morgan fingerprint density at radius 3 is 2.39 bits per heavy atom. The van der Waals surface area contributed by atoms with Gasteiger partial charge in [0.2, 0.25) is 0 Å². The second kappa shape index (κ2) is 6.83. The third kappa shape index (κ3) is 3.07. The lowest BCUT2D eigenvalue weighted by molar-refractivity contribution is 0.349. The average molecular weight is 306 g/mol. The Morgan fingerprint density at radius 1 is 1.09 bits per heavy atom. The van der Waals surface area contributed by atoms with Gasteiger partial charge in [-0.2, -0.15) is 5.26 Å². The number of benzene rings is 1. The minimum atomic E-state index is -0.142. The summed E-state index contributed by atoms with van der Waals surface area (Å²) >= 11 is 0. The van der Waals surface area contributed by atoms with Crippen LogP contribution < -0.4 is 5.56 Å². The van der Waals surface area contributed by atoms with Crippen molar-refractivity contribution in [1.29, 1.82) is 5.26 Å². The van der Waals surface area contributed by atoms with E-state index in [2.05, 4.69) is 31.2 Å². The monoisotopic (exact) mass is 306 g/mol. The van der Waals surface area contributed by atoms with Crippen LogP contribution in [0.15, 0.2) is 41.2 Å². The third-order valence-corrected chi connectivity index (χ3v) is 4.83. The summed E-state index contributed by atoms with van der Waals surface area (Å²) in [5.74, 6) is 0. The van der Waals surface area contributed by atoms with Crippen LogP contribution in [0.1, 0.15) is 56.2 Å². The maximum Gasteiger partial charge on any atom is 0.269 e. The minimum absolute atomic E-state index is 0.142. The van der Waals surface area contributed by atoms with E-state index in [0.29, 0.717) is 0 Å². The zero-order valence-corrected chi connectivity index (χ0v) is 13.6. The fraction of sp³-hybridized carbons (Fsp3) is 0.400. The van der Waals surface area contributed by atoms with Crippen LogP contribution >= 0.6 is 0 Å². The molecule has 0 amide bonds. The van der Waals surface area contributed by atoms with E-state index < -0.39 is 0 Å². The predicted molar refractivity (Wildman–Crippen MR) is 92.4 cm³/mol. The Bertz CT molecular complexity index is 775. The van der Waals surface area contributed by atoms with Crippen molar-refractivity contribution in [2.45, 2.75) is 51.5 Å². The van der Waals surface area contributed by atoms with Crippen LogP contribution in [-0.4, -0.2) is 4.57 Å². The molecule has 1 aromatic carbocycles. The highest BCUT2D eigenvalue weighted by Gasteiger charge is 2.21. The van der Waals surface area contributed by atoms with Crippen molar-refractivity contribution in [1.82, 2.24) is 4.57 Å². The van der Waals surface area contributed by atoms with E-state index in [4.69, 9.17) is 0 Å². The van der Waals surface area contributed by atoms with Crippen molar-refractivity contribution < 1.29 is 0 Å². The zero-order chi connectivity index (χ0) is 16.2. The SMILES string of the molecule is CCc1ccc(-c2ccc(C#N)c(=O)n2C2CCCCC2)cc1. The van der Waals surface area contributed by atoms with Crippen LogP contribution in [0.25, 0.3) is 11.3 Å². The highest BCUT2D eigenvalue weighted by atomic mass is 16.1. The average Bonchev–Trinajstić information content (AvgIpc) is 2.62. The Morgan fingerprint density at radius 2 is 1.78 bits per heavy atom. The van der Waals surface area contributed by atoms with E-state index in [1.165, 1.54) is 12.0 Å². The molecule has 0 aliphatic heterocycles. The van der Waals surface area contributed by atoms with Crippen LogP contribution in [0.4, 0.5) is 0 Å². The van der Waals surface area contributed by atoms with Crippen LogP contribution in [-0.2, 0) is 6.42 Å². The number of aryl methyl sites for hydroxylation is 1. The number of rotatable bonds is 3. The summed E-state index contributed by atoms with van der Waals surface area (Å²) in [6.07, 6.45) is 6.60.